The zero-order valence-corrected chi connectivity index (χ0v) is 16.3. The van der Waals surface area contributed by atoms with Gasteiger partial charge in [0.25, 0.3) is 0 Å². The molecule has 0 aliphatic heterocycles. The average molecular weight is 389 g/mol. The van der Waals surface area contributed by atoms with E-state index in [1.807, 2.05) is 13.8 Å². The first kappa shape index (κ1) is 20.6. The van der Waals surface area contributed by atoms with Crippen molar-refractivity contribution in [3.8, 4) is 0 Å². The van der Waals surface area contributed by atoms with Gasteiger partial charge in [-0.2, -0.15) is 0 Å². The largest absolute Gasteiger partial charge is 0.326 e. The van der Waals surface area contributed by atoms with Gasteiger partial charge in [-0.15, -0.1) is 0 Å². The van der Waals surface area contributed by atoms with Crippen LogP contribution in [0.25, 0.3) is 0 Å². The molecule has 0 aliphatic carbocycles. The van der Waals surface area contributed by atoms with Crippen LogP contribution in [0.2, 0.25) is 0 Å². The average Bonchev–Trinajstić information content (AvgIpc) is 2.60. The van der Waals surface area contributed by atoms with E-state index in [-0.39, 0.29) is 10.8 Å². The van der Waals surface area contributed by atoms with Crippen LogP contribution >= 0.6 is 0 Å². The highest BCUT2D eigenvalue weighted by Gasteiger charge is 2.16. The van der Waals surface area contributed by atoms with Crippen molar-refractivity contribution in [1.29, 1.82) is 0 Å². The van der Waals surface area contributed by atoms with E-state index in [1.54, 1.807) is 36.4 Å². The maximum atomic E-state index is 12.3. The van der Waals surface area contributed by atoms with Crippen molar-refractivity contribution in [3.63, 3.8) is 0 Å². The standard InChI is InChI=1S/C19H23N3O4S/c1-13(2)15-7-9-18(10-8-15)27(25,26)20-12-19(24)22-17-6-4-5-16(11-17)21-14(3)23/h4-11,13,20H,12H2,1-3H3,(H,21,23)(H,22,24). The summed E-state index contributed by atoms with van der Waals surface area (Å²) in [5.41, 5.74) is 2.02. The molecule has 2 aromatic rings. The number of hydrogen-bond donors (Lipinski definition) is 3. The van der Waals surface area contributed by atoms with Crippen molar-refractivity contribution in [1.82, 2.24) is 4.72 Å². The molecule has 27 heavy (non-hydrogen) atoms. The maximum Gasteiger partial charge on any atom is 0.241 e. The van der Waals surface area contributed by atoms with Crippen LogP contribution in [0.4, 0.5) is 11.4 Å². The van der Waals surface area contributed by atoms with Crippen LogP contribution in [0.1, 0.15) is 32.3 Å². The third-order valence-electron chi connectivity index (χ3n) is 3.75. The Hall–Kier alpha value is -2.71. The van der Waals surface area contributed by atoms with Gasteiger partial charge in [0, 0.05) is 18.3 Å². The summed E-state index contributed by atoms with van der Waals surface area (Å²) in [5, 5.41) is 5.19. The van der Waals surface area contributed by atoms with Crippen molar-refractivity contribution in [2.45, 2.75) is 31.6 Å². The topological polar surface area (TPSA) is 104 Å². The fourth-order valence-electron chi connectivity index (χ4n) is 2.36. The molecule has 0 saturated heterocycles. The van der Waals surface area contributed by atoms with Gasteiger partial charge in [-0.1, -0.05) is 32.0 Å². The highest BCUT2D eigenvalue weighted by molar-refractivity contribution is 7.89. The zero-order valence-electron chi connectivity index (χ0n) is 15.4. The number of hydrogen-bond acceptors (Lipinski definition) is 4. The lowest BCUT2D eigenvalue weighted by Crippen LogP contribution is -2.32. The minimum atomic E-state index is -3.78. The fraction of sp³-hybridized carbons (Fsp3) is 0.263. The molecule has 2 amide bonds. The van der Waals surface area contributed by atoms with Crippen LogP contribution in [0.5, 0.6) is 0 Å². The number of nitrogens with one attached hydrogen (secondary N) is 3. The van der Waals surface area contributed by atoms with Crippen LogP contribution in [0, 0.1) is 0 Å². The van der Waals surface area contributed by atoms with E-state index in [2.05, 4.69) is 15.4 Å². The summed E-state index contributed by atoms with van der Waals surface area (Å²) >= 11 is 0. The van der Waals surface area contributed by atoms with Gasteiger partial charge in [0.1, 0.15) is 0 Å². The van der Waals surface area contributed by atoms with Crippen LogP contribution in [0.15, 0.2) is 53.4 Å². The van der Waals surface area contributed by atoms with E-state index in [0.29, 0.717) is 17.3 Å². The molecule has 0 heterocycles. The van der Waals surface area contributed by atoms with Crippen LogP contribution in [-0.2, 0) is 19.6 Å². The quantitative estimate of drug-likeness (QED) is 0.677. The first-order valence-electron chi connectivity index (χ1n) is 8.44. The van der Waals surface area contributed by atoms with E-state index in [0.717, 1.165) is 5.56 Å². The molecule has 0 fully saturated rings. The molecule has 144 valence electrons. The third kappa shape index (κ3) is 6.19. The van der Waals surface area contributed by atoms with Gasteiger partial charge in [-0.25, -0.2) is 13.1 Å². The van der Waals surface area contributed by atoms with E-state index >= 15 is 0 Å². The van der Waals surface area contributed by atoms with Crippen molar-refractivity contribution in [2.75, 3.05) is 17.2 Å². The number of carbonyl (C=O) groups is 2. The van der Waals surface area contributed by atoms with Gasteiger partial charge in [-0.05, 0) is 41.8 Å². The van der Waals surface area contributed by atoms with Crippen LogP contribution in [-0.4, -0.2) is 26.8 Å². The van der Waals surface area contributed by atoms with Crippen LogP contribution in [0.3, 0.4) is 0 Å². The maximum absolute atomic E-state index is 12.3. The number of sulfonamides is 1. The summed E-state index contributed by atoms with van der Waals surface area (Å²) in [4.78, 5) is 23.2. The summed E-state index contributed by atoms with van der Waals surface area (Å²) in [7, 11) is -3.78. The third-order valence-corrected chi connectivity index (χ3v) is 5.16. The second-order valence-corrected chi connectivity index (χ2v) is 8.13. The van der Waals surface area contributed by atoms with Crippen molar-refractivity contribution < 1.29 is 18.0 Å². The molecule has 0 bridgehead atoms. The predicted octanol–water partition coefficient (Wildman–Crippen LogP) is 2.69. The lowest BCUT2D eigenvalue weighted by molar-refractivity contribution is -0.115. The first-order chi connectivity index (χ1) is 12.7. The van der Waals surface area contributed by atoms with Crippen molar-refractivity contribution in [3.05, 3.63) is 54.1 Å². The summed E-state index contributed by atoms with van der Waals surface area (Å²) in [6.45, 7) is 5.02. The van der Waals surface area contributed by atoms with Crippen molar-refractivity contribution in [2.24, 2.45) is 0 Å². The zero-order chi connectivity index (χ0) is 20.0. The molecule has 2 rings (SSSR count). The Kier molecular flexibility index (Phi) is 6.70. The first-order valence-corrected chi connectivity index (χ1v) is 9.93. The Morgan fingerprint density at radius 2 is 1.56 bits per heavy atom. The number of rotatable bonds is 7. The molecule has 0 atom stereocenters. The number of carbonyl (C=O) groups excluding carboxylic acids is 2. The molecule has 0 aliphatic rings. The molecule has 0 spiro atoms. The van der Waals surface area contributed by atoms with E-state index < -0.39 is 22.5 Å². The number of benzene rings is 2. The molecule has 0 aromatic heterocycles. The summed E-state index contributed by atoms with van der Waals surface area (Å²) < 4.78 is 26.9. The van der Waals surface area contributed by atoms with Gasteiger partial charge >= 0.3 is 0 Å². The monoisotopic (exact) mass is 389 g/mol. The Bertz CT molecular complexity index is 922. The Morgan fingerprint density at radius 1 is 0.963 bits per heavy atom. The fourth-order valence-corrected chi connectivity index (χ4v) is 3.34. The van der Waals surface area contributed by atoms with Gasteiger partial charge in [0.2, 0.25) is 21.8 Å². The second kappa shape index (κ2) is 8.79. The summed E-state index contributed by atoms with van der Waals surface area (Å²) in [5.74, 6) is -0.444. The normalized spacial score (nSPS) is 11.3. The SMILES string of the molecule is CC(=O)Nc1cccc(NC(=O)CNS(=O)(=O)c2ccc(C(C)C)cc2)c1. The lowest BCUT2D eigenvalue weighted by Gasteiger charge is -2.10. The molecule has 0 unspecified atom stereocenters. The number of amides is 2. The van der Waals surface area contributed by atoms with Gasteiger partial charge < -0.3 is 10.6 Å². The molecular weight excluding hydrogens is 366 g/mol. The summed E-state index contributed by atoms with van der Waals surface area (Å²) in [6, 6.07) is 13.1. The molecule has 3 N–H and O–H groups in total. The minimum absolute atomic E-state index is 0.104. The second-order valence-electron chi connectivity index (χ2n) is 6.36. The molecular formula is C19H23N3O4S. The molecule has 7 nitrogen and oxygen atoms in total. The highest BCUT2D eigenvalue weighted by Crippen LogP contribution is 2.17. The minimum Gasteiger partial charge on any atom is -0.326 e. The van der Waals surface area contributed by atoms with Gasteiger partial charge in [0.15, 0.2) is 0 Å². The van der Waals surface area contributed by atoms with Gasteiger partial charge in [0.05, 0.1) is 11.4 Å². The van der Waals surface area contributed by atoms with E-state index in [4.69, 9.17) is 0 Å². The van der Waals surface area contributed by atoms with E-state index in [9.17, 15) is 18.0 Å². The highest BCUT2D eigenvalue weighted by atomic mass is 32.2. The van der Waals surface area contributed by atoms with E-state index in [1.165, 1.54) is 19.1 Å². The Morgan fingerprint density at radius 3 is 2.11 bits per heavy atom. The molecule has 8 heteroatoms. The van der Waals surface area contributed by atoms with Crippen LogP contribution < -0.4 is 15.4 Å². The summed E-state index contributed by atoms with van der Waals surface area (Å²) in [6.07, 6.45) is 0. The Labute approximate surface area is 159 Å². The molecule has 0 saturated carbocycles. The predicted molar refractivity (Wildman–Crippen MR) is 105 cm³/mol. The van der Waals surface area contributed by atoms with Gasteiger partial charge in [-0.3, -0.25) is 9.59 Å². The lowest BCUT2D eigenvalue weighted by atomic mass is 10.0. The molecule has 2 aromatic carbocycles. The number of anilines is 2. The molecule has 0 radical (unpaired) electrons. The Balaban J connectivity index is 1.97. The van der Waals surface area contributed by atoms with Crippen molar-refractivity contribution >= 4 is 33.2 Å². The smallest absolute Gasteiger partial charge is 0.241 e.